The predicted octanol–water partition coefficient (Wildman–Crippen LogP) is 0.878. The van der Waals surface area contributed by atoms with Gasteiger partial charge >= 0.3 is 11.9 Å². The van der Waals surface area contributed by atoms with Gasteiger partial charge in [0.1, 0.15) is 6.04 Å². The third-order valence-corrected chi connectivity index (χ3v) is 4.04. The Hall–Kier alpha value is -1.64. The number of nitrogens with one attached hydrogen (secondary N) is 1. The van der Waals surface area contributed by atoms with E-state index in [1.54, 1.807) is 0 Å². The molecule has 0 aliphatic carbocycles. The third kappa shape index (κ3) is 3.92. The summed E-state index contributed by atoms with van der Waals surface area (Å²) in [6.45, 7) is 1.17. The van der Waals surface area contributed by atoms with Crippen molar-refractivity contribution in [3.63, 3.8) is 0 Å². The van der Waals surface area contributed by atoms with E-state index in [4.69, 9.17) is 16.7 Å². The van der Waals surface area contributed by atoms with Gasteiger partial charge in [0, 0.05) is 5.02 Å². The molecule has 1 aromatic carbocycles. The van der Waals surface area contributed by atoms with Crippen LogP contribution in [-0.2, 0) is 19.6 Å². The summed E-state index contributed by atoms with van der Waals surface area (Å²) < 4.78 is 30.4. The minimum Gasteiger partial charge on any atom is -0.480 e. The molecule has 0 aliphatic heterocycles. The third-order valence-electron chi connectivity index (χ3n) is 2.31. The molecule has 0 saturated heterocycles. The number of carboxylic acid groups (broad SMARTS) is 1. The molecule has 1 atom stereocenters. The zero-order valence-corrected chi connectivity index (χ0v) is 12.2. The van der Waals surface area contributed by atoms with Crippen LogP contribution in [0.15, 0.2) is 23.1 Å². The number of hydrogen-bond acceptors (Lipinski definition) is 5. The molecule has 1 rings (SSSR count). The minimum atomic E-state index is -4.11. The van der Waals surface area contributed by atoms with Crippen molar-refractivity contribution in [1.29, 1.82) is 0 Å². The fourth-order valence-corrected chi connectivity index (χ4v) is 2.87. The van der Waals surface area contributed by atoms with E-state index in [1.807, 2.05) is 4.72 Å². The van der Waals surface area contributed by atoms with Crippen LogP contribution in [0.3, 0.4) is 0 Å². The smallest absolute Gasteiger partial charge is 0.337 e. The Kier molecular flexibility index (Phi) is 5.09. The first-order valence-electron chi connectivity index (χ1n) is 5.31. The standard InChI is InChI=1S/C11H12ClNO6S/c1-6(10(14)15)13-20(17,18)9-4-7(11(16)19-2)3-8(12)5-9/h3-6,13H,1-2H3,(H,14,15)/t6-/m1/s1. The van der Waals surface area contributed by atoms with Crippen LogP contribution in [0.1, 0.15) is 17.3 Å². The van der Waals surface area contributed by atoms with Gasteiger partial charge in [0.15, 0.2) is 0 Å². The molecule has 110 valence electrons. The first kappa shape index (κ1) is 16.4. The summed E-state index contributed by atoms with van der Waals surface area (Å²) in [5.41, 5.74) is -0.0525. The summed E-state index contributed by atoms with van der Waals surface area (Å²) in [4.78, 5) is 21.7. The first-order valence-corrected chi connectivity index (χ1v) is 7.17. The highest BCUT2D eigenvalue weighted by Crippen LogP contribution is 2.20. The molecular weight excluding hydrogens is 310 g/mol. The highest BCUT2D eigenvalue weighted by Gasteiger charge is 2.23. The quantitative estimate of drug-likeness (QED) is 0.779. The van der Waals surface area contributed by atoms with Crippen molar-refractivity contribution in [2.75, 3.05) is 7.11 Å². The van der Waals surface area contributed by atoms with E-state index in [1.165, 1.54) is 13.0 Å². The largest absolute Gasteiger partial charge is 0.480 e. The van der Waals surface area contributed by atoms with E-state index in [0.717, 1.165) is 19.2 Å². The van der Waals surface area contributed by atoms with Crippen molar-refractivity contribution in [3.8, 4) is 0 Å². The Morgan fingerprint density at radius 1 is 1.35 bits per heavy atom. The van der Waals surface area contributed by atoms with Gasteiger partial charge < -0.3 is 9.84 Å². The van der Waals surface area contributed by atoms with Crippen molar-refractivity contribution >= 4 is 33.6 Å². The lowest BCUT2D eigenvalue weighted by atomic mass is 10.2. The van der Waals surface area contributed by atoms with Crippen molar-refractivity contribution in [1.82, 2.24) is 4.72 Å². The van der Waals surface area contributed by atoms with E-state index >= 15 is 0 Å². The Bertz CT molecular complexity index is 642. The maximum absolute atomic E-state index is 12.0. The van der Waals surface area contributed by atoms with Crippen molar-refractivity contribution in [2.45, 2.75) is 17.9 Å². The lowest BCUT2D eigenvalue weighted by Gasteiger charge is -2.11. The van der Waals surface area contributed by atoms with Gasteiger partial charge in [-0.15, -0.1) is 0 Å². The zero-order chi connectivity index (χ0) is 15.5. The lowest BCUT2D eigenvalue weighted by molar-refractivity contribution is -0.138. The fraction of sp³-hybridized carbons (Fsp3) is 0.273. The number of benzene rings is 1. The van der Waals surface area contributed by atoms with Crippen LogP contribution in [-0.4, -0.2) is 38.6 Å². The molecule has 1 aromatic rings. The number of carboxylic acids is 1. The summed E-state index contributed by atoms with van der Waals surface area (Å²) in [5.74, 6) is -2.08. The number of ether oxygens (including phenoxy) is 1. The second-order valence-electron chi connectivity index (χ2n) is 3.85. The molecule has 0 aliphatic rings. The van der Waals surface area contributed by atoms with Gasteiger partial charge in [0.2, 0.25) is 10.0 Å². The zero-order valence-electron chi connectivity index (χ0n) is 10.6. The normalized spacial score (nSPS) is 12.8. The molecule has 0 saturated carbocycles. The van der Waals surface area contributed by atoms with Gasteiger partial charge in [0.05, 0.1) is 17.6 Å². The maximum atomic E-state index is 12.0. The second-order valence-corrected chi connectivity index (χ2v) is 6.00. The summed E-state index contributed by atoms with van der Waals surface area (Å²) in [6.07, 6.45) is 0. The maximum Gasteiger partial charge on any atom is 0.337 e. The van der Waals surface area contributed by atoms with E-state index in [9.17, 15) is 18.0 Å². The van der Waals surface area contributed by atoms with Gasteiger partial charge in [-0.05, 0) is 25.1 Å². The summed E-state index contributed by atoms with van der Waals surface area (Å²) in [5, 5.41) is 8.71. The number of halogens is 1. The molecule has 2 N–H and O–H groups in total. The highest BCUT2D eigenvalue weighted by atomic mass is 35.5. The predicted molar refractivity (Wildman–Crippen MR) is 70.2 cm³/mol. The van der Waals surface area contributed by atoms with Gasteiger partial charge in [-0.1, -0.05) is 11.6 Å². The number of rotatable bonds is 5. The average molecular weight is 322 g/mol. The average Bonchev–Trinajstić information content (AvgIpc) is 2.36. The Labute approximate surface area is 120 Å². The molecule has 0 heterocycles. The molecule has 0 bridgehead atoms. The van der Waals surface area contributed by atoms with Crippen molar-refractivity contribution < 1.29 is 27.9 Å². The van der Waals surface area contributed by atoms with E-state index in [0.29, 0.717) is 0 Å². The number of sulfonamides is 1. The van der Waals surface area contributed by atoms with Crippen LogP contribution in [0, 0.1) is 0 Å². The van der Waals surface area contributed by atoms with Crippen LogP contribution in [0.2, 0.25) is 5.02 Å². The minimum absolute atomic E-state index is 0.0104. The second kappa shape index (κ2) is 6.21. The SMILES string of the molecule is COC(=O)c1cc(Cl)cc(S(=O)(=O)N[C@H](C)C(=O)O)c1. The van der Waals surface area contributed by atoms with Gasteiger partial charge in [-0.3, -0.25) is 4.79 Å². The van der Waals surface area contributed by atoms with Gasteiger partial charge in [0.25, 0.3) is 0 Å². The number of carbonyl (C=O) groups excluding carboxylic acids is 1. The molecule has 0 fully saturated rings. The van der Waals surface area contributed by atoms with E-state index < -0.39 is 28.0 Å². The van der Waals surface area contributed by atoms with Gasteiger partial charge in [-0.25, -0.2) is 13.2 Å². The Morgan fingerprint density at radius 2 is 1.95 bits per heavy atom. The van der Waals surface area contributed by atoms with E-state index in [2.05, 4.69) is 4.74 Å². The van der Waals surface area contributed by atoms with Gasteiger partial charge in [-0.2, -0.15) is 4.72 Å². The molecule has 0 unspecified atom stereocenters. The van der Waals surface area contributed by atoms with E-state index in [-0.39, 0.29) is 15.5 Å². The van der Waals surface area contributed by atoms with Crippen molar-refractivity contribution in [3.05, 3.63) is 28.8 Å². The molecule has 9 heteroatoms. The topological polar surface area (TPSA) is 110 Å². The summed E-state index contributed by atoms with van der Waals surface area (Å²) in [7, 11) is -2.97. The fourth-order valence-electron chi connectivity index (χ4n) is 1.30. The summed E-state index contributed by atoms with van der Waals surface area (Å²) >= 11 is 5.74. The molecular formula is C11H12ClNO6S. The molecule has 7 nitrogen and oxygen atoms in total. The van der Waals surface area contributed by atoms with Crippen LogP contribution in [0.25, 0.3) is 0 Å². The number of methoxy groups -OCH3 is 1. The number of carbonyl (C=O) groups is 2. The number of aliphatic carboxylic acids is 1. The molecule has 20 heavy (non-hydrogen) atoms. The number of esters is 1. The number of hydrogen-bond donors (Lipinski definition) is 2. The van der Waals surface area contributed by atoms with Crippen LogP contribution in [0.5, 0.6) is 0 Å². The van der Waals surface area contributed by atoms with Crippen LogP contribution in [0.4, 0.5) is 0 Å². The Morgan fingerprint density at radius 3 is 2.45 bits per heavy atom. The first-order chi connectivity index (χ1) is 9.17. The highest BCUT2D eigenvalue weighted by molar-refractivity contribution is 7.89. The Balaban J connectivity index is 3.22. The lowest BCUT2D eigenvalue weighted by Crippen LogP contribution is -2.38. The summed E-state index contributed by atoms with van der Waals surface area (Å²) in [6, 6.07) is 2.08. The van der Waals surface area contributed by atoms with Crippen LogP contribution >= 0.6 is 11.6 Å². The molecule has 0 amide bonds. The molecule has 0 spiro atoms. The van der Waals surface area contributed by atoms with Crippen LogP contribution < -0.4 is 4.72 Å². The monoisotopic (exact) mass is 321 g/mol. The molecule has 0 aromatic heterocycles. The van der Waals surface area contributed by atoms with Crippen molar-refractivity contribution in [2.24, 2.45) is 0 Å². The molecule has 0 radical (unpaired) electrons.